The molecule has 8 nitrogen and oxygen atoms in total. The van der Waals surface area contributed by atoms with Gasteiger partial charge in [-0.25, -0.2) is 0 Å². The highest BCUT2D eigenvalue weighted by molar-refractivity contribution is 14.0. The Morgan fingerprint density at radius 1 is 1.30 bits per heavy atom. The van der Waals surface area contributed by atoms with E-state index < -0.39 is 0 Å². The van der Waals surface area contributed by atoms with Crippen LogP contribution in [-0.2, 0) is 20.0 Å². The summed E-state index contributed by atoms with van der Waals surface area (Å²) in [5.74, 6) is 1.89. The van der Waals surface area contributed by atoms with Gasteiger partial charge in [-0.05, 0) is 24.3 Å². The van der Waals surface area contributed by atoms with Crippen molar-refractivity contribution in [2.45, 2.75) is 13.0 Å². The largest absolute Gasteiger partial charge is 0.356 e. The van der Waals surface area contributed by atoms with E-state index in [1.807, 2.05) is 44.6 Å². The molecular weight excluding hydrogens is 457 g/mol. The number of rotatable bonds is 6. The van der Waals surface area contributed by atoms with Crippen LogP contribution in [0.15, 0.2) is 52.2 Å². The first-order valence-electron chi connectivity index (χ1n) is 8.43. The molecule has 0 aliphatic heterocycles. The second-order valence-corrected chi connectivity index (χ2v) is 5.92. The van der Waals surface area contributed by atoms with Gasteiger partial charge in [0.15, 0.2) is 11.8 Å². The first-order valence-corrected chi connectivity index (χ1v) is 8.43. The van der Waals surface area contributed by atoms with Gasteiger partial charge in [-0.3, -0.25) is 9.98 Å². The monoisotopic (exact) mass is 481 g/mol. The summed E-state index contributed by atoms with van der Waals surface area (Å²) in [6.45, 7) is 1.43. The number of guanidine groups is 1. The molecule has 9 heteroatoms. The maximum absolute atomic E-state index is 5.27. The summed E-state index contributed by atoms with van der Waals surface area (Å²) < 4.78 is 7.37. The third-order valence-corrected chi connectivity index (χ3v) is 4.01. The van der Waals surface area contributed by atoms with E-state index in [4.69, 9.17) is 4.52 Å². The zero-order valence-corrected chi connectivity index (χ0v) is 18.0. The molecule has 0 spiro atoms. The Morgan fingerprint density at radius 3 is 2.81 bits per heavy atom. The molecule has 0 radical (unpaired) electrons. The standard InChI is InChI=1S/C18H23N7O.HI/c1-19-18(25(3)13-14-7-6-12-24(14)2)21-11-9-16-22-17(26-23-16)15-8-4-5-10-20-15;/h4-8,10,12H,9,11,13H2,1-3H3,(H,19,21);1H. The topological polar surface area (TPSA) is 84.4 Å². The highest BCUT2D eigenvalue weighted by atomic mass is 127. The normalized spacial score (nSPS) is 11.1. The van der Waals surface area contributed by atoms with Crippen molar-refractivity contribution < 1.29 is 4.52 Å². The van der Waals surface area contributed by atoms with Crippen molar-refractivity contribution in [1.82, 2.24) is 29.9 Å². The minimum Gasteiger partial charge on any atom is -0.356 e. The van der Waals surface area contributed by atoms with E-state index in [2.05, 4.69) is 41.0 Å². The van der Waals surface area contributed by atoms with Crippen molar-refractivity contribution in [2.24, 2.45) is 12.0 Å². The maximum Gasteiger partial charge on any atom is 0.276 e. The summed E-state index contributed by atoms with van der Waals surface area (Å²) >= 11 is 0. The molecule has 3 rings (SSSR count). The van der Waals surface area contributed by atoms with Crippen LogP contribution in [0.5, 0.6) is 0 Å². The predicted octanol–water partition coefficient (Wildman–Crippen LogP) is 2.34. The number of hydrogen-bond donors (Lipinski definition) is 1. The van der Waals surface area contributed by atoms with Crippen molar-refractivity contribution in [1.29, 1.82) is 0 Å². The van der Waals surface area contributed by atoms with Gasteiger partial charge in [-0.2, -0.15) is 4.98 Å². The van der Waals surface area contributed by atoms with E-state index in [9.17, 15) is 0 Å². The lowest BCUT2D eigenvalue weighted by Gasteiger charge is -2.22. The SMILES string of the molecule is CN=C(NCCc1noc(-c2ccccn2)n1)N(C)Cc1cccn1C.I. The van der Waals surface area contributed by atoms with Crippen molar-refractivity contribution >= 4 is 29.9 Å². The van der Waals surface area contributed by atoms with Crippen LogP contribution in [0.1, 0.15) is 11.5 Å². The molecule has 144 valence electrons. The van der Waals surface area contributed by atoms with Crippen molar-refractivity contribution in [3.63, 3.8) is 0 Å². The number of nitrogens with one attached hydrogen (secondary N) is 1. The lowest BCUT2D eigenvalue weighted by molar-refractivity contribution is 0.420. The Hall–Kier alpha value is -2.43. The molecule has 0 saturated carbocycles. The maximum atomic E-state index is 5.27. The fourth-order valence-corrected chi connectivity index (χ4v) is 2.60. The number of hydrogen-bond acceptors (Lipinski definition) is 5. The second kappa shape index (κ2) is 10.0. The average Bonchev–Trinajstić information content (AvgIpc) is 3.29. The number of aromatic nitrogens is 4. The van der Waals surface area contributed by atoms with Gasteiger partial charge in [0.05, 0.1) is 6.54 Å². The van der Waals surface area contributed by atoms with E-state index >= 15 is 0 Å². The van der Waals surface area contributed by atoms with Crippen LogP contribution < -0.4 is 5.32 Å². The summed E-state index contributed by atoms with van der Waals surface area (Å²) in [5, 5.41) is 7.34. The number of pyridine rings is 1. The molecule has 0 aromatic carbocycles. The molecule has 0 saturated heterocycles. The Bertz CT molecular complexity index is 859. The predicted molar refractivity (Wildman–Crippen MR) is 115 cm³/mol. The molecule has 0 bridgehead atoms. The fourth-order valence-electron chi connectivity index (χ4n) is 2.60. The molecule has 0 unspecified atom stereocenters. The molecule has 3 heterocycles. The first kappa shape index (κ1) is 20.9. The molecule has 0 amide bonds. The van der Waals surface area contributed by atoms with E-state index in [-0.39, 0.29) is 24.0 Å². The van der Waals surface area contributed by atoms with E-state index in [0.717, 1.165) is 12.5 Å². The van der Waals surface area contributed by atoms with Crippen LogP contribution in [-0.4, -0.2) is 51.2 Å². The lowest BCUT2D eigenvalue weighted by Crippen LogP contribution is -2.39. The molecule has 1 N–H and O–H groups in total. The number of aryl methyl sites for hydroxylation is 1. The average molecular weight is 481 g/mol. The lowest BCUT2D eigenvalue weighted by atomic mass is 10.3. The minimum atomic E-state index is 0. The Balaban J connectivity index is 0.00000261. The highest BCUT2D eigenvalue weighted by Gasteiger charge is 2.11. The van der Waals surface area contributed by atoms with Gasteiger partial charge in [0.2, 0.25) is 0 Å². The summed E-state index contributed by atoms with van der Waals surface area (Å²) in [4.78, 5) is 15.0. The van der Waals surface area contributed by atoms with Crippen molar-refractivity contribution in [2.75, 3.05) is 20.6 Å². The molecule has 3 aromatic heterocycles. The summed E-state index contributed by atoms with van der Waals surface area (Å²) in [7, 11) is 5.82. The third-order valence-electron chi connectivity index (χ3n) is 4.01. The third kappa shape index (κ3) is 5.52. The minimum absolute atomic E-state index is 0. The second-order valence-electron chi connectivity index (χ2n) is 5.92. The molecule has 27 heavy (non-hydrogen) atoms. The van der Waals surface area contributed by atoms with E-state index in [1.54, 1.807) is 13.2 Å². The Kier molecular flexibility index (Phi) is 7.77. The zero-order chi connectivity index (χ0) is 18.4. The van der Waals surface area contributed by atoms with Gasteiger partial charge in [0, 0.05) is 52.2 Å². The molecule has 0 atom stereocenters. The number of aliphatic imine (C=N–C) groups is 1. The van der Waals surface area contributed by atoms with Gasteiger partial charge >= 0.3 is 0 Å². The smallest absolute Gasteiger partial charge is 0.276 e. The summed E-state index contributed by atoms with van der Waals surface area (Å²) in [6.07, 6.45) is 4.37. The molecular formula is C18H24IN7O. The van der Waals surface area contributed by atoms with Crippen LogP contribution >= 0.6 is 24.0 Å². The van der Waals surface area contributed by atoms with Crippen LogP contribution in [0, 0.1) is 0 Å². The van der Waals surface area contributed by atoms with Gasteiger partial charge in [0.1, 0.15) is 5.69 Å². The molecule has 0 fully saturated rings. The van der Waals surface area contributed by atoms with Gasteiger partial charge in [0.25, 0.3) is 5.89 Å². The van der Waals surface area contributed by atoms with Crippen molar-refractivity contribution in [3.05, 3.63) is 54.2 Å². The van der Waals surface area contributed by atoms with Gasteiger partial charge in [-0.15, -0.1) is 24.0 Å². The quantitative estimate of drug-likeness (QED) is 0.331. The number of nitrogens with zero attached hydrogens (tertiary/aromatic N) is 6. The Labute approximate surface area is 175 Å². The molecule has 0 aliphatic carbocycles. The summed E-state index contributed by atoms with van der Waals surface area (Å²) in [5.41, 5.74) is 1.89. The molecule has 3 aromatic rings. The highest BCUT2D eigenvalue weighted by Crippen LogP contribution is 2.13. The van der Waals surface area contributed by atoms with Gasteiger partial charge < -0.3 is 19.3 Å². The van der Waals surface area contributed by atoms with Crippen LogP contribution in [0.3, 0.4) is 0 Å². The first-order chi connectivity index (χ1) is 12.7. The van der Waals surface area contributed by atoms with Crippen LogP contribution in [0.4, 0.5) is 0 Å². The van der Waals surface area contributed by atoms with Crippen LogP contribution in [0.2, 0.25) is 0 Å². The van der Waals surface area contributed by atoms with Gasteiger partial charge in [-0.1, -0.05) is 11.2 Å². The van der Waals surface area contributed by atoms with E-state index in [0.29, 0.717) is 30.4 Å². The molecule has 0 aliphatic rings. The summed E-state index contributed by atoms with van der Waals surface area (Å²) in [6, 6.07) is 9.72. The van der Waals surface area contributed by atoms with E-state index in [1.165, 1.54) is 5.69 Å². The van der Waals surface area contributed by atoms with Crippen molar-refractivity contribution in [3.8, 4) is 11.6 Å². The number of halogens is 1. The van der Waals surface area contributed by atoms with Crippen LogP contribution in [0.25, 0.3) is 11.6 Å². The fraction of sp³-hybridized carbons (Fsp3) is 0.333. The zero-order valence-electron chi connectivity index (χ0n) is 15.7. The Morgan fingerprint density at radius 2 is 2.15 bits per heavy atom.